The molecule has 0 fully saturated rings. The van der Waals surface area contributed by atoms with Gasteiger partial charge >= 0.3 is 0 Å². The summed E-state index contributed by atoms with van der Waals surface area (Å²) in [6.45, 7) is 1.67. The molecule has 0 saturated heterocycles. The van der Waals surface area contributed by atoms with E-state index in [-0.39, 0.29) is 17.8 Å². The lowest BCUT2D eigenvalue weighted by atomic mass is 10.3. The zero-order valence-corrected chi connectivity index (χ0v) is 5.73. The van der Waals surface area contributed by atoms with Crippen molar-refractivity contribution in [2.45, 2.75) is 13.0 Å². The van der Waals surface area contributed by atoms with Gasteiger partial charge in [-0.15, -0.1) is 11.6 Å². The second-order valence-electron chi connectivity index (χ2n) is 1.48. The molecule has 0 aromatic carbocycles. The van der Waals surface area contributed by atoms with Crippen LogP contribution in [0.3, 0.4) is 0 Å². The lowest BCUT2D eigenvalue weighted by Gasteiger charge is -2.02. The number of hydrogen-bond donors (Lipinski definition) is 0. The fraction of sp³-hybridized carbons (Fsp3) is 0.800. The van der Waals surface area contributed by atoms with Crippen molar-refractivity contribution in [2.75, 3.05) is 13.0 Å². The molecule has 0 aliphatic heterocycles. The van der Waals surface area contributed by atoms with Gasteiger partial charge in [0.05, 0.1) is 5.88 Å². The number of ether oxygens (including phenoxy) is 1. The highest BCUT2D eigenvalue weighted by molar-refractivity contribution is 6.28. The summed E-state index contributed by atoms with van der Waals surface area (Å²) in [5.74, 6) is -0.0381. The van der Waals surface area contributed by atoms with Crippen LogP contribution in [-0.2, 0) is 9.53 Å². The molecule has 0 amide bonds. The number of alkyl halides is 1. The van der Waals surface area contributed by atoms with E-state index in [9.17, 15) is 4.79 Å². The minimum atomic E-state index is -0.354. The summed E-state index contributed by atoms with van der Waals surface area (Å²) in [6, 6.07) is 0. The maximum absolute atomic E-state index is 10.5. The van der Waals surface area contributed by atoms with Gasteiger partial charge in [-0.05, 0) is 6.92 Å². The van der Waals surface area contributed by atoms with Crippen LogP contribution in [0.1, 0.15) is 6.92 Å². The van der Waals surface area contributed by atoms with Gasteiger partial charge in [-0.2, -0.15) is 0 Å². The molecule has 0 spiro atoms. The normalized spacial score (nSPS) is 13.4. The van der Waals surface area contributed by atoms with Crippen molar-refractivity contribution in [2.24, 2.45) is 0 Å². The first-order chi connectivity index (χ1) is 3.72. The van der Waals surface area contributed by atoms with E-state index in [1.807, 2.05) is 0 Å². The molecule has 0 radical (unpaired) electrons. The van der Waals surface area contributed by atoms with Gasteiger partial charge in [0, 0.05) is 7.11 Å². The molecule has 8 heavy (non-hydrogen) atoms. The zero-order valence-electron chi connectivity index (χ0n) is 4.98. The standard InChI is InChI=1S/C5H9ClO2/c1-4(8-2)5(7)3-6/h4H,3H2,1-2H3. The molecule has 0 aromatic heterocycles. The van der Waals surface area contributed by atoms with Crippen LogP contribution in [-0.4, -0.2) is 24.9 Å². The van der Waals surface area contributed by atoms with Crippen LogP contribution in [0.4, 0.5) is 0 Å². The predicted molar refractivity (Wildman–Crippen MR) is 32.2 cm³/mol. The zero-order chi connectivity index (χ0) is 6.57. The lowest BCUT2D eigenvalue weighted by molar-refractivity contribution is -0.125. The van der Waals surface area contributed by atoms with Crippen LogP contribution in [0.25, 0.3) is 0 Å². The second kappa shape index (κ2) is 3.87. The first-order valence-electron chi connectivity index (χ1n) is 2.33. The number of carbonyl (C=O) groups excluding carboxylic acids is 1. The third-order valence-electron chi connectivity index (χ3n) is 0.939. The van der Waals surface area contributed by atoms with Gasteiger partial charge in [0.15, 0.2) is 5.78 Å². The number of hydrogen-bond acceptors (Lipinski definition) is 2. The molecular weight excluding hydrogens is 128 g/mol. The Kier molecular flexibility index (Phi) is 3.83. The minimum absolute atomic E-state index is 0.0367. The molecule has 0 aromatic rings. The topological polar surface area (TPSA) is 26.3 Å². The van der Waals surface area contributed by atoms with Gasteiger partial charge in [0.25, 0.3) is 0 Å². The molecule has 1 unspecified atom stereocenters. The van der Waals surface area contributed by atoms with Crippen LogP contribution < -0.4 is 0 Å². The third-order valence-corrected chi connectivity index (χ3v) is 1.20. The van der Waals surface area contributed by atoms with E-state index >= 15 is 0 Å². The van der Waals surface area contributed by atoms with Gasteiger partial charge in [-0.3, -0.25) is 4.79 Å². The summed E-state index contributed by atoms with van der Waals surface area (Å²) in [7, 11) is 1.48. The summed E-state index contributed by atoms with van der Waals surface area (Å²) >= 11 is 5.20. The molecule has 0 rings (SSSR count). The molecule has 2 nitrogen and oxygen atoms in total. The Labute approximate surface area is 53.8 Å². The van der Waals surface area contributed by atoms with E-state index < -0.39 is 0 Å². The summed E-state index contributed by atoms with van der Waals surface area (Å²) in [5, 5.41) is 0. The van der Waals surface area contributed by atoms with E-state index in [0.29, 0.717) is 0 Å². The Balaban J connectivity index is 3.46. The Hall–Kier alpha value is -0.0800. The van der Waals surface area contributed by atoms with E-state index in [2.05, 4.69) is 4.74 Å². The van der Waals surface area contributed by atoms with Gasteiger partial charge < -0.3 is 4.74 Å². The highest BCUT2D eigenvalue weighted by Gasteiger charge is 2.07. The van der Waals surface area contributed by atoms with Crippen LogP contribution in [0.2, 0.25) is 0 Å². The quantitative estimate of drug-likeness (QED) is 0.538. The third kappa shape index (κ3) is 2.28. The Morgan fingerprint density at radius 3 is 2.50 bits per heavy atom. The van der Waals surface area contributed by atoms with Gasteiger partial charge in [-0.25, -0.2) is 0 Å². The highest BCUT2D eigenvalue weighted by Crippen LogP contribution is 1.90. The number of halogens is 1. The summed E-state index contributed by atoms with van der Waals surface area (Å²) < 4.78 is 4.67. The van der Waals surface area contributed by atoms with Crippen molar-refractivity contribution in [3.8, 4) is 0 Å². The molecule has 48 valence electrons. The smallest absolute Gasteiger partial charge is 0.175 e. The van der Waals surface area contributed by atoms with Crippen molar-refractivity contribution in [3.63, 3.8) is 0 Å². The van der Waals surface area contributed by atoms with E-state index in [0.717, 1.165) is 0 Å². The molecule has 1 atom stereocenters. The predicted octanol–water partition coefficient (Wildman–Crippen LogP) is 0.829. The molecule has 0 bridgehead atoms. The maximum Gasteiger partial charge on any atom is 0.175 e. The molecule has 0 N–H and O–H groups in total. The first-order valence-corrected chi connectivity index (χ1v) is 2.87. The fourth-order valence-electron chi connectivity index (χ4n) is 0.240. The summed E-state index contributed by atoms with van der Waals surface area (Å²) in [5.41, 5.74) is 0. The highest BCUT2D eigenvalue weighted by atomic mass is 35.5. The molecule has 3 heteroatoms. The molecular formula is C5H9ClO2. The Morgan fingerprint density at radius 1 is 1.88 bits per heavy atom. The van der Waals surface area contributed by atoms with E-state index in [1.54, 1.807) is 6.92 Å². The van der Waals surface area contributed by atoms with Crippen molar-refractivity contribution < 1.29 is 9.53 Å². The first kappa shape index (κ1) is 7.92. The average molecular weight is 137 g/mol. The maximum atomic E-state index is 10.5. The second-order valence-corrected chi connectivity index (χ2v) is 1.75. The number of carbonyl (C=O) groups is 1. The van der Waals surface area contributed by atoms with Gasteiger partial charge in [0.2, 0.25) is 0 Å². The molecule has 0 aliphatic carbocycles. The monoisotopic (exact) mass is 136 g/mol. The van der Waals surface area contributed by atoms with Crippen LogP contribution in [0, 0.1) is 0 Å². The number of ketones is 1. The number of rotatable bonds is 3. The van der Waals surface area contributed by atoms with Crippen LogP contribution in [0.5, 0.6) is 0 Å². The lowest BCUT2D eigenvalue weighted by Crippen LogP contribution is -2.19. The van der Waals surface area contributed by atoms with Gasteiger partial charge in [0.1, 0.15) is 6.10 Å². The molecule has 0 saturated carbocycles. The Morgan fingerprint density at radius 2 is 2.38 bits per heavy atom. The van der Waals surface area contributed by atoms with Crippen molar-refractivity contribution in [1.82, 2.24) is 0 Å². The van der Waals surface area contributed by atoms with Gasteiger partial charge in [-0.1, -0.05) is 0 Å². The van der Waals surface area contributed by atoms with Crippen molar-refractivity contribution >= 4 is 17.4 Å². The minimum Gasteiger partial charge on any atom is -0.374 e. The fourth-order valence-corrected chi connectivity index (χ4v) is 0.457. The SMILES string of the molecule is COC(C)C(=O)CCl. The van der Waals surface area contributed by atoms with Crippen molar-refractivity contribution in [3.05, 3.63) is 0 Å². The molecule has 0 aliphatic rings. The largest absolute Gasteiger partial charge is 0.374 e. The van der Waals surface area contributed by atoms with Crippen LogP contribution in [0.15, 0.2) is 0 Å². The van der Waals surface area contributed by atoms with Crippen LogP contribution >= 0.6 is 11.6 Å². The average Bonchev–Trinajstić information content (AvgIpc) is 1.84. The summed E-state index contributed by atoms with van der Waals surface area (Å²) in [6.07, 6.45) is -0.354. The van der Waals surface area contributed by atoms with Crippen molar-refractivity contribution in [1.29, 1.82) is 0 Å². The summed E-state index contributed by atoms with van der Waals surface area (Å²) in [4.78, 5) is 10.5. The van der Waals surface area contributed by atoms with E-state index in [1.165, 1.54) is 7.11 Å². The molecule has 0 heterocycles. The Bertz CT molecular complexity index is 82.5. The number of methoxy groups -OCH3 is 1. The number of Topliss-reactive ketones (excluding diaryl/α,β-unsaturated/α-hetero) is 1. The van der Waals surface area contributed by atoms with E-state index in [4.69, 9.17) is 11.6 Å².